The van der Waals surface area contributed by atoms with Crippen molar-refractivity contribution in [2.24, 2.45) is 0 Å². The molecule has 0 atom stereocenters. The number of rotatable bonds is 1. The minimum Gasteiger partial charge on any atom is -0.475 e. The molecule has 1 aliphatic rings. The first-order chi connectivity index (χ1) is 9.77. The van der Waals surface area contributed by atoms with E-state index in [9.17, 15) is 9.59 Å². The fourth-order valence-corrected chi connectivity index (χ4v) is 2.66. The SMILES string of the molecule is CC(C)(C)c1ccc2c(c1)Cc1nc(C(=O)O)[nH]c(=O)c1-2. The number of aromatic amines is 1. The van der Waals surface area contributed by atoms with Gasteiger partial charge in [-0.05, 0) is 22.1 Å². The number of aromatic carboxylic acids is 1. The van der Waals surface area contributed by atoms with Crippen LogP contribution in [0.1, 0.15) is 48.2 Å². The summed E-state index contributed by atoms with van der Waals surface area (Å²) in [4.78, 5) is 29.5. The van der Waals surface area contributed by atoms with Crippen LogP contribution in [0.2, 0.25) is 0 Å². The zero-order valence-corrected chi connectivity index (χ0v) is 12.2. The topological polar surface area (TPSA) is 83.0 Å². The fraction of sp³-hybridized carbons (Fsp3) is 0.312. The quantitative estimate of drug-likeness (QED) is 0.718. The number of carboxylic acid groups (broad SMARTS) is 1. The van der Waals surface area contributed by atoms with Gasteiger partial charge < -0.3 is 10.1 Å². The van der Waals surface area contributed by atoms with Crippen LogP contribution in [0.3, 0.4) is 0 Å². The Morgan fingerprint density at radius 2 is 2.05 bits per heavy atom. The first-order valence-electron chi connectivity index (χ1n) is 6.77. The Kier molecular flexibility index (Phi) is 2.76. The molecule has 108 valence electrons. The van der Waals surface area contributed by atoms with Gasteiger partial charge in [-0.3, -0.25) is 4.79 Å². The minimum absolute atomic E-state index is 0.0237. The molecule has 3 rings (SSSR count). The van der Waals surface area contributed by atoms with E-state index in [1.807, 2.05) is 12.1 Å². The number of fused-ring (bicyclic) bond motifs is 3. The zero-order chi connectivity index (χ0) is 15.4. The number of carboxylic acids is 1. The van der Waals surface area contributed by atoms with Gasteiger partial charge in [-0.25, -0.2) is 9.78 Å². The van der Waals surface area contributed by atoms with E-state index in [2.05, 4.69) is 36.8 Å². The summed E-state index contributed by atoms with van der Waals surface area (Å²) >= 11 is 0. The Balaban J connectivity index is 2.17. The second-order valence-electron chi connectivity index (χ2n) is 6.34. The van der Waals surface area contributed by atoms with Crippen molar-refractivity contribution in [2.75, 3.05) is 0 Å². The van der Waals surface area contributed by atoms with Crippen molar-refractivity contribution >= 4 is 5.97 Å². The van der Waals surface area contributed by atoms with Crippen molar-refractivity contribution in [2.45, 2.75) is 32.6 Å². The Labute approximate surface area is 121 Å². The maximum absolute atomic E-state index is 12.1. The molecule has 1 aromatic heterocycles. The number of nitrogens with zero attached hydrogens (tertiary/aromatic N) is 1. The third-order valence-electron chi connectivity index (χ3n) is 3.80. The van der Waals surface area contributed by atoms with Crippen molar-refractivity contribution in [1.82, 2.24) is 9.97 Å². The predicted octanol–water partition coefficient (Wildman–Crippen LogP) is 2.34. The zero-order valence-electron chi connectivity index (χ0n) is 12.2. The lowest BCUT2D eigenvalue weighted by Crippen LogP contribution is -2.18. The normalized spacial score (nSPS) is 12.9. The molecule has 0 radical (unpaired) electrons. The number of benzene rings is 1. The second-order valence-corrected chi connectivity index (χ2v) is 6.34. The van der Waals surface area contributed by atoms with E-state index in [0.717, 1.165) is 11.1 Å². The molecule has 1 aliphatic carbocycles. The van der Waals surface area contributed by atoms with E-state index in [4.69, 9.17) is 5.11 Å². The lowest BCUT2D eigenvalue weighted by Gasteiger charge is -2.19. The van der Waals surface area contributed by atoms with Crippen molar-refractivity contribution in [3.8, 4) is 11.1 Å². The number of aromatic nitrogens is 2. The highest BCUT2D eigenvalue weighted by Gasteiger charge is 2.26. The Morgan fingerprint density at radius 1 is 1.33 bits per heavy atom. The van der Waals surface area contributed by atoms with E-state index in [1.54, 1.807) is 0 Å². The van der Waals surface area contributed by atoms with Gasteiger partial charge in [0.1, 0.15) is 0 Å². The van der Waals surface area contributed by atoms with Gasteiger partial charge in [0.2, 0.25) is 5.82 Å². The van der Waals surface area contributed by atoms with Gasteiger partial charge in [0.05, 0.1) is 11.3 Å². The van der Waals surface area contributed by atoms with Crippen LogP contribution in [0, 0.1) is 0 Å². The van der Waals surface area contributed by atoms with Gasteiger partial charge in [0, 0.05) is 6.42 Å². The molecule has 5 heteroatoms. The van der Waals surface area contributed by atoms with E-state index in [0.29, 0.717) is 17.7 Å². The molecule has 0 aliphatic heterocycles. The smallest absolute Gasteiger partial charge is 0.372 e. The van der Waals surface area contributed by atoms with Crippen LogP contribution in [-0.2, 0) is 11.8 Å². The molecule has 2 N–H and O–H groups in total. The average Bonchev–Trinajstić information content (AvgIpc) is 2.74. The molecule has 2 aromatic rings. The molecule has 1 aromatic carbocycles. The largest absolute Gasteiger partial charge is 0.475 e. The van der Waals surface area contributed by atoms with E-state index in [-0.39, 0.29) is 16.8 Å². The number of hydrogen-bond acceptors (Lipinski definition) is 3. The highest BCUT2D eigenvalue weighted by Crippen LogP contribution is 2.35. The summed E-state index contributed by atoms with van der Waals surface area (Å²) in [6, 6.07) is 6.02. The average molecular weight is 284 g/mol. The Morgan fingerprint density at radius 3 is 2.67 bits per heavy atom. The molecule has 1 heterocycles. The predicted molar refractivity (Wildman–Crippen MR) is 78.8 cm³/mol. The molecule has 21 heavy (non-hydrogen) atoms. The molecule has 0 spiro atoms. The highest BCUT2D eigenvalue weighted by molar-refractivity contribution is 5.84. The summed E-state index contributed by atoms with van der Waals surface area (Å²) in [6.07, 6.45) is 0.499. The van der Waals surface area contributed by atoms with Crippen LogP contribution in [0.15, 0.2) is 23.0 Å². The molecule has 0 fully saturated rings. The Bertz CT molecular complexity index is 813. The summed E-state index contributed by atoms with van der Waals surface area (Å²) in [6.45, 7) is 6.39. The van der Waals surface area contributed by atoms with Crippen LogP contribution in [0.25, 0.3) is 11.1 Å². The van der Waals surface area contributed by atoms with Gasteiger partial charge in [-0.1, -0.05) is 39.0 Å². The van der Waals surface area contributed by atoms with Crippen LogP contribution < -0.4 is 5.56 Å². The summed E-state index contributed by atoms with van der Waals surface area (Å²) < 4.78 is 0. The van der Waals surface area contributed by atoms with Crippen LogP contribution >= 0.6 is 0 Å². The number of H-pyrrole nitrogens is 1. The van der Waals surface area contributed by atoms with Gasteiger partial charge in [0.25, 0.3) is 5.56 Å². The van der Waals surface area contributed by atoms with Gasteiger partial charge in [-0.15, -0.1) is 0 Å². The van der Waals surface area contributed by atoms with E-state index in [1.165, 1.54) is 5.56 Å². The molecule has 0 unspecified atom stereocenters. The summed E-state index contributed by atoms with van der Waals surface area (Å²) in [5, 5.41) is 8.98. The highest BCUT2D eigenvalue weighted by atomic mass is 16.4. The van der Waals surface area contributed by atoms with Gasteiger partial charge in [0.15, 0.2) is 0 Å². The first kappa shape index (κ1) is 13.5. The van der Waals surface area contributed by atoms with Crippen molar-refractivity contribution in [3.05, 3.63) is 51.2 Å². The molecule has 0 amide bonds. The van der Waals surface area contributed by atoms with Gasteiger partial charge >= 0.3 is 5.97 Å². The Hall–Kier alpha value is -2.43. The molecule has 0 bridgehead atoms. The molecule has 5 nitrogen and oxygen atoms in total. The molecular formula is C16H16N2O3. The van der Waals surface area contributed by atoms with Crippen molar-refractivity contribution in [3.63, 3.8) is 0 Å². The molecular weight excluding hydrogens is 268 g/mol. The monoisotopic (exact) mass is 284 g/mol. The second kappa shape index (κ2) is 4.28. The van der Waals surface area contributed by atoms with Crippen LogP contribution in [-0.4, -0.2) is 21.0 Å². The molecule has 0 saturated carbocycles. The van der Waals surface area contributed by atoms with Crippen LogP contribution in [0.5, 0.6) is 0 Å². The molecule has 0 saturated heterocycles. The lowest BCUT2D eigenvalue weighted by atomic mass is 9.85. The van der Waals surface area contributed by atoms with Crippen molar-refractivity contribution in [1.29, 1.82) is 0 Å². The number of hydrogen-bond donors (Lipinski definition) is 2. The maximum atomic E-state index is 12.1. The number of carbonyl (C=O) groups is 1. The van der Waals surface area contributed by atoms with Crippen molar-refractivity contribution < 1.29 is 9.90 Å². The van der Waals surface area contributed by atoms with E-state index >= 15 is 0 Å². The first-order valence-corrected chi connectivity index (χ1v) is 6.77. The number of nitrogens with one attached hydrogen (secondary N) is 1. The minimum atomic E-state index is -1.22. The summed E-state index contributed by atoms with van der Waals surface area (Å²) in [7, 11) is 0. The van der Waals surface area contributed by atoms with E-state index < -0.39 is 5.97 Å². The third-order valence-corrected chi connectivity index (χ3v) is 3.80. The van der Waals surface area contributed by atoms with Gasteiger partial charge in [-0.2, -0.15) is 0 Å². The standard InChI is InChI=1S/C16H16N2O3/c1-16(2,3)9-4-5-10-8(6-9)7-11-12(10)14(19)18-13(17-11)15(20)21/h4-6H,7H2,1-3H3,(H,20,21)(H,17,18,19). The fourth-order valence-electron chi connectivity index (χ4n) is 2.66. The summed E-state index contributed by atoms with van der Waals surface area (Å²) in [5.41, 5.74) is 3.73. The summed E-state index contributed by atoms with van der Waals surface area (Å²) in [5.74, 6) is -1.52. The maximum Gasteiger partial charge on any atom is 0.372 e. The lowest BCUT2D eigenvalue weighted by molar-refractivity contribution is 0.0683. The van der Waals surface area contributed by atoms with Crippen LogP contribution in [0.4, 0.5) is 0 Å². The third kappa shape index (κ3) is 2.14.